The molecule has 30 heavy (non-hydrogen) atoms. The number of halogens is 2. The summed E-state index contributed by atoms with van der Waals surface area (Å²) in [6, 6.07) is 7.09. The van der Waals surface area contributed by atoms with Crippen LogP contribution in [0.2, 0.25) is 5.02 Å². The van der Waals surface area contributed by atoms with E-state index in [1.54, 1.807) is 25.1 Å². The van der Waals surface area contributed by atoms with Crippen molar-refractivity contribution in [1.29, 1.82) is 0 Å². The van der Waals surface area contributed by atoms with Gasteiger partial charge in [-0.05, 0) is 32.0 Å². The molecule has 0 radical (unpaired) electrons. The Morgan fingerprint density at radius 3 is 2.73 bits per heavy atom. The van der Waals surface area contributed by atoms with E-state index in [4.69, 9.17) is 21.9 Å². The van der Waals surface area contributed by atoms with Crippen LogP contribution in [0.5, 0.6) is 0 Å². The standard InChI is InChI=1S/C20H19ClN4O3S.ClH/c1-10-15(17(24-28-10)11-5-3-4-6-13(11)21)19(27)23-20-16(18(22)26)12-7-8-25(2)9-14(12)29-20;/h3-6H,7-9H2,1-2H3,(H2,22,26)(H,23,27);1H. The van der Waals surface area contributed by atoms with Gasteiger partial charge in [-0.2, -0.15) is 0 Å². The van der Waals surface area contributed by atoms with Crippen LogP contribution in [0.4, 0.5) is 5.00 Å². The van der Waals surface area contributed by atoms with Crippen LogP contribution in [0.25, 0.3) is 11.3 Å². The number of carbonyl (C=O) groups is 2. The summed E-state index contributed by atoms with van der Waals surface area (Å²) in [5, 5.41) is 7.79. The van der Waals surface area contributed by atoms with Crippen LogP contribution in [-0.2, 0) is 13.0 Å². The van der Waals surface area contributed by atoms with E-state index in [1.807, 2.05) is 13.1 Å². The maximum Gasteiger partial charge on any atom is 0.262 e. The highest BCUT2D eigenvalue weighted by Gasteiger charge is 2.29. The molecule has 1 aliphatic heterocycles. The monoisotopic (exact) mass is 466 g/mol. The topological polar surface area (TPSA) is 101 Å². The summed E-state index contributed by atoms with van der Waals surface area (Å²) in [5.74, 6) is -0.608. The second kappa shape index (κ2) is 8.77. The van der Waals surface area contributed by atoms with Crippen molar-refractivity contribution in [2.24, 2.45) is 5.73 Å². The lowest BCUT2D eigenvalue weighted by molar-refractivity contribution is 0.1000. The minimum absolute atomic E-state index is 0. The average molecular weight is 467 g/mol. The molecule has 7 nitrogen and oxygen atoms in total. The fourth-order valence-corrected chi connectivity index (χ4v) is 5.08. The number of primary amides is 1. The van der Waals surface area contributed by atoms with E-state index in [0.29, 0.717) is 45.6 Å². The Balaban J connectivity index is 0.00000256. The zero-order valence-electron chi connectivity index (χ0n) is 16.3. The lowest BCUT2D eigenvalue weighted by atomic mass is 10.0. The number of hydrogen-bond acceptors (Lipinski definition) is 6. The third-order valence-corrected chi connectivity index (χ3v) is 6.40. The fraction of sp³-hybridized carbons (Fsp3) is 0.250. The summed E-state index contributed by atoms with van der Waals surface area (Å²) >= 11 is 7.66. The number of amides is 2. The number of carbonyl (C=O) groups excluding carboxylic acids is 2. The van der Waals surface area contributed by atoms with Gasteiger partial charge in [0.05, 0.1) is 10.6 Å². The molecule has 0 fully saturated rings. The molecule has 158 valence electrons. The van der Waals surface area contributed by atoms with Crippen LogP contribution in [0.1, 0.15) is 36.9 Å². The van der Waals surface area contributed by atoms with Gasteiger partial charge in [0, 0.05) is 23.5 Å². The van der Waals surface area contributed by atoms with Crippen molar-refractivity contribution in [3.05, 3.63) is 56.6 Å². The molecule has 10 heteroatoms. The van der Waals surface area contributed by atoms with Crippen LogP contribution in [-0.4, -0.2) is 35.5 Å². The van der Waals surface area contributed by atoms with Crippen molar-refractivity contribution in [3.63, 3.8) is 0 Å². The third-order valence-electron chi connectivity index (χ3n) is 4.94. The first-order chi connectivity index (χ1) is 13.9. The number of nitrogens with one attached hydrogen (secondary N) is 1. The SMILES string of the molecule is Cc1onc(-c2ccccc2Cl)c1C(=O)Nc1sc2c(c1C(N)=O)CCN(C)C2.Cl. The van der Waals surface area contributed by atoms with Crippen LogP contribution in [0.3, 0.4) is 0 Å². The largest absolute Gasteiger partial charge is 0.365 e. The lowest BCUT2D eigenvalue weighted by Crippen LogP contribution is -2.27. The van der Waals surface area contributed by atoms with E-state index < -0.39 is 11.8 Å². The van der Waals surface area contributed by atoms with E-state index in [9.17, 15) is 9.59 Å². The van der Waals surface area contributed by atoms with Crippen LogP contribution in [0, 0.1) is 6.92 Å². The van der Waals surface area contributed by atoms with Gasteiger partial charge < -0.3 is 20.5 Å². The Bertz CT molecular complexity index is 1130. The summed E-state index contributed by atoms with van der Waals surface area (Å²) in [6.45, 7) is 3.21. The Morgan fingerprint density at radius 1 is 1.30 bits per heavy atom. The number of rotatable bonds is 4. The average Bonchev–Trinajstić information content (AvgIpc) is 3.21. The molecule has 0 saturated heterocycles. The van der Waals surface area contributed by atoms with Gasteiger partial charge in [-0.1, -0.05) is 35.0 Å². The number of hydrogen-bond donors (Lipinski definition) is 2. The molecule has 1 aliphatic rings. The van der Waals surface area contributed by atoms with Gasteiger partial charge in [-0.3, -0.25) is 9.59 Å². The summed E-state index contributed by atoms with van der Waals surface area (Å²) in [4.78, 5) is 28.5. The smallest absolute Gasteiger partial charge is 0.262 e. The van der Waals surface area contributed by atoms with Gasteiger partial charge in [0.25, 0.3) is 11.8 Å². The quantitative estimate of drug-likeness (QED) is 0.601. The summed E-state index contributed by atoms with van der Waals surface area (Å²) in [5.41, 5.74) is 8.17. The van der Waals surface area contributed by atoms with Gasteiger partial charge >= 0.3 is 0 Å². The number of aryl methyl sites for hydroxylation is 1. The van der Waals surface area contributed by atoms with E-state index in [0.717, 1.165) is 17.0 Å². The van der Waals surface area contributed by atoms with Crippen molar-refractivity contribution in [2.75, 3.05) is 18.9 Å². The van der Waals surface area contributed by atoms with Crippen LogP contribution < -0.4 is 11.1 Å². The fourth-order valence-electron chi connectivity index (χ4n) is 3.52. The number of benzene rings is 1. The predicted octanol–water partition coefficient (Wildman–Crippen LogP) is 4.13. The normalized spacial score (nSPS) is 13.4. The second-order valence-corrected chi connectivity index (χ2v) is 8.47. The number of likely N-dealkylation sites (N-methyl/N-ethyl adjacent to an activating group) is 1. The second-order valence-electron chi connectivity index (χ2n) is 6.96. The first-order valence-corrected chi connectivity index (χ1v) is 10.2. The van der Waals surface area contributed by atoms with E-state index in [1.165, 1.54) is 11.3 Å². The maximum absolute atomic E-state index is 13.1. The number of fused-ring (bicyclic) bond motifs is 1. The summed E-state index contributed by atoms with van der Waals surface area (Å²) < 4.78 is 5.27. The molecule has 3 N–H and O–H groups in total. The number of nitrogens with zero attached hydrogens (tertiary/aromatic N) is 2. The number of aromatic nitrogens is 1. The maximum atomic E-state index is 13.1. The van der Waals surface area contributed by atoms with Crippen molar-refractivity contribution < 1.29 is 14.1 Å². The molecule has 0 atom stereocenters. The molecular formula is C20H20Cl2N4O3S. The Kier molecular flexibility index (Phi) is 6.52. The van der Waals surface area contributed by atoms with E-state index in [-0.39, 0.29) is 18.0 Å². The number of nitrogens with two attached hydrogens (primary N) is 1. The highest BCUT2D eigenvalue weighted by molar-refractivity contribution is 7.17. The zero-order chi connectivity index (χ0) is 20.7. The van der Waals surface area contributed by atoms with Gasteiger partial charge in [-0.25, -0.2) is 0 Å². The Hall–Kier alpha value is -2.39. The number of thiophene rings is 1. The minimum atomic E-state index is -0.546. The Morgan fingerprint density at radius 2 is 2.03 bits per heavy atom. The molecule has 4 rings (SSSR count). The van der Waals surface area contributed by atoms with Crippen molar-refractivity contribution in [1.82, 2.24) is 10.1 Å². The van der Waals surface area contributed by atoms with E-state index in [2.05, 4.69) is 15.4 Å². The van der Waals surface area contributed by atoms with Crippen molar-refractivity contribution >= 4 is 52.2 Å². The van der Waals surface area contributed by atoms with E-state index >= 15 is 0 Å². The van der Waals surface area contributed by atoms with Crippen LogP contribution in [0.15, 0.2) is 28.8 Å². The third kappa shape index (κ3) is 3.96. The molecule has 1 aromatic carbocycles. The predicted molar refractivity (Wildman–Crippen MR) is 120 cm³/mol. The van der Waals surface area contributed by atoms with Crippen molar-refractivity contribution in [3.8, 4) is 11.3 Å². The summed E-state index contributed by atoms with van der Waals surface area (Å²) in [7, 11) is 2.02. The highest BCUT2D eigenvalue weighted by Crippen LogP contribution is 2.38. The molecule has 0 saturated carbocycles. The molecule has 0 bridgehead atoms. The van der Waals surface area contributed by atoms with Crippen LogP contribution >= 0.6 is 35.3 Å². The van der Waals surface area contributed by atoms with Gasteiger partial charge in [0.1, 0.15) is 22.0 Å². The van der Waals surface area contributed by atoms with Gasteiger partial charge in [-0.15, -0.1) is 23.7 Å². The minimum Gasteiger partial charge on any atom is -0.365 e. The summed E-state index contributed by atoms with van der Waals surface area (Å²) in [6.07, 6.45) is 0.716. The first kappa shape index (κ1) is 22.3. The molecule has 2 aromatic heterocycles. The van der Waals surface area contributed by atoms with Gasteiger partial charge in [0.15, 0.2) is 0 Å². The molecule has 3 heterocycles. The number of anilines is 1. The molecule has 0 unspecified atom stereocenters. The Labute approximate surface area is 188 Å². The zero-order valence-corrected chi connectivity index (χ0v) is 18.7. The molecule has 3 aromatic rings. The first-order valence-electron chi connectivity index (χ1n) is 9.02. The van der Waals surface area contributed by atoms with Crippen molar-refractivity contribution in [2.45, 2.75) is 19.9 Å². The molecule has 2 amide bonds. The molecule has 0 aliphatic carbocycles. The van der Waals surface area contributed by atoms with Gasteiger partial charge in [0.2, 0.25) is 0 Å². The highest BCUT2D eigenvalue weighted by atomic mass is 35.5. The lowest BCUT2D eigenvalue weighted by Gasteiger charge is -2.22. The molecular weight excluding hydrogens is 447 g/mol. The molecule has 0 spiro atoms.